The van der Waals surface area contributed by atoms with Gasteiger partial charge in [-0.05, 0) is 60.4 Å². The van der Waals surface area contributed by atoms with Gasteiger partial charge in [0.1, 0.15) is 11.4 Å². The van der Waals surface area contributed by atoms with Crippen LogP contribution in [0.1, 0.15) is 53.5 Å². The summed E-state index contributed by atoms with van der Waals surface area (Å²) in [5.74, 6) is 1.19. The Morgan fingerprint density at radius 2 is 1.88 bits per heavy atom. The summed E-state index contributed by atoms with van der Waals surface area (Å²) < 4.78 is 41.6. The van der Waals surface area contributed by atoms with E-state index in [1.165, 1.54) is 41.8 Å². The number of rotatable bonds is 5. The number of H-pyrrole nitrogens is 1. The van der Waals surface area contributed by atoms with Gasteiger partial charge in [0.15, 0.2) is 5.69 Å². The van der Waals surface area contributed by atoms with Gasteiger partial charge in [-0.2, -0.15) is 28.6 Å². The fraction of sp³-hybridized carbons (Fsp3) is 0.333. The number of hydrogen-bond donors (Lipinski definition) is 1. The molecule has 0 bridgehead atoms. The monoisotopic (exact) mass is 450 g/mol. The molecule has 1 saturated carbocycles. The number of nitrogens with one attached hydrogen (secondary N) is 1. The number of aromatic amines is 1. The quantitative estimate of drug-likeness (QED) is 0.445. The number of fused-ring (bicyclic) bond motifs is 1. The van der Waals surface area contributed by atoms with Gasteiger partial charge in [-0.3, -0.25) is 4.98 Å². The third kappa shape index (κ3) is 3.81. The largest absolute Gasteiger partial charge is 0.437 e. The van der Waals surface area contributed by atoms with Crippen molar-refractivity contribution in [2.24, 2.45) is 0 Å². The van der Waals surface area contributed by atoms with E-state index in [0.29, 0.717) is 17.3 Å². The van der Waals surface area contributed by atoms with E-state index in [0.717, 1.165) is 25.3 Å². The molecule has 6 rings (SSSR count). The SMILES string of the molecule is FC(F)(F)c1n[nH]nc1-c1ccnc(-c2cn(C[C@H]3CCc4cc(C5CC5)ccc43)cn2)c1. The van der Waals surface area contributed by atoms with Crippen molar-refractivity contribution < 1.29 is 13.2 Å². The Morgan fingerprint density at radius 1 is 1.00 bits per heavy atom. The van der Waals surface area contributed by atoms with Crippen molar-refractivity contribution in [3.05, 3.63) is 71.4 Å². The minimum absolute atomic E-state index is 0.251. The molecule has 3 aromatic heterocycles. The maximum absolute atomic E-state index is 13.2. The van der Waals surface area contributed by atoms with E-state index in [9.17, 15) is 13.2 Å². The highest BCUT2D eigenvalue weighted by Gasteiger charge is 2.38. The third-order valence-corrected chi connectivity index (χ3v) is 6.59. The van der Waals surface area contributed by atoms with Crippen LogP contribution in [0.5, 0.6) is 0 Å². The normalized spacial score (nSPS) is 18.0. The average molecular weight is 450 g/mol. The number of nitrogens with zero attached hydrogens (tertiary/aromatic N) is 5. The van der Waals surface area contributed by atoms with E-state index < -0.39 is 11.9 Å². The number of benzene rings is 1. The van der Waals surface area contributed by atoms with Gasteiger partial charge >= 0.3 is 6.18 Å². The highest BCUT2D eigenvalue weighted by Crippen LogP contribution is 2.43. The number of aryl methyl sites for hydroxylation is 1. The van der Waals surface area contributed by atoms with Crippen molar-refractivity contribution in [1.29, 1.82) is 0 Å². The zero-order valence-corrected chi connectivity index (χ0v) is 17.7. The van der Waals surface area contributed by atoms with Gasteiger partial charge in [0.2, 0.25) is 0 Å². The summed E-state index contributed by atoms with van der Waals surface area (Å²) in [6.45, 7) is 0.809. The molecule has 1 N–H and O–H groups in total. The van der Waals surface area contributed by atoms with E-state index in [4.69, 9.17) is 0 Å². The first kappa shape index (κ1) is 20.1. The second-order valence-corrected chi connectivity index (χ2v) is 8.87. The van der Waals surface area contributed by atoms with Gasteiger partial charge < -0.3 is 4.57 Å². The molecule has 1 aromatic carbocycles. The summed E-state index contributed by atoms with van der Waals surface area (Å²) in [7, 11) is 0. The molecular weight excluding hydrogens is 429 g/mol. The standard InChI is InChI=1S/C24H21F3N6/c25-24(26,27)23-22(30-32-31-23)17-7-8-28-20(10-17)21-12-33(13-29-21)11-18-4-3-16-9-15(14-1-2-14)5-6-19(16)18/h5-10,12-14,18H,1-4,11H2,(H,30,31,32)/t18-/m1/s1. The Kier molecular flexibility index (Phi) is 4.60. The molecule has 3 heterocycles. The molecule has 0 unspecified atom stereocenters. The number of hydrogen-bond acceptors (Lipinski definition) is 4. The lowest BCUT2D eigenvalue weighted by molar-refractivity contribution is -0.140. The van der Waals surface area contributed by atoms with Gasteiger partial charge in [-0.25, -0.2) is 4.98 Å². The second-order valence-electron chi connectivity index (χ2n) is 8.87. The summed E-state index contributed by atoms with van der Waals surface area (Å²) in [4.78, 5) is 8.77. The Morgan fingerprint density at radius 3 is 2.70 bits per heavy atom. The smallest absolute Gasteiger partial charge is 0.336 e. The first-order chi connectivity index (χ1) is 16.0. The van der Waals surface area contributed by atoms with E-state index in [1.54, 1.807) is 12.4 Å². The Labute approximate surface area is 187 Å². The van der Waals surface area contributed by atoms with Crippen LogP contribution >= 0.6 is 0 Å². The van der Waals surface area contributed by atoms with E-state index in [-0.39, 0.29) is 11.3 Å². The summed E-state index contributed by atoms with van der Waals surface area (Å²) >= 11 is 0. The molecule has 4 aromatic rings. The maximum Gasteiger partial charge on any atom is 0.437 e. The van der Waals surface area contributed by atoms with Crippen LogP contribution < -0.4 is 0 Å². The van der Waals surface area contributed by atoms with Crippen molar-refractivity contribution in [2.45, 2.75) is 50.2 Å². The highest BCUT2D eigenvalue weighted by atomic mass is 19.4. The van der Waals surface area contributed by atoms with E-state index >= 15 is 0 Å². The molecular formula is C24H21F3N6. The summed E-state index contributed by atoms with van der Waals surface area (Å²) in [6.07, 6.45) is 5.36. The second kappa shape index (κ2) is 7.54. The molecule has 6 nitrogen and oxygen atoms in total. The Hall–Kier alpha value is -3.49. The van der Waals surface area contributed by atoms with Crippen LogP contribution in [-0.2, 0) is 19.1 Å². The Bertz CT molecular complexity index is 1320. The summed E-state index contributed by atoms with van der Waals surface area (Å²) in [6, 6.07) is 10.0. The first-order valence-corrected chi connectivity index (χ1v) is 11.0. The number of halogens is 3. The van der Waals surface area contributed by atoms with Crippen LogP contribution in [0, 0.1) is 0 Å². The number of aromatic nitrogens is 6. The fourth-order valence-corrected chi connectivity index (χ4v) is 4.78. The van der Waals surface area contributed by atoms with Crippen LogP contribution in [0.25, 0.3) is 22.6 Å². The number of imidazole rings is 1. The molecule has 2 aliphatic carbocycles. The molecule has 1 fully saturated rings. The topological polar surface area (TPSA) is 72.3 Å². The zero-order chi connectivity index (χ0) is 22.6. The average Bonchev–Trinajstić information content (AvgIpc) is 3.20. The van der Waals surface area contributed by atoms with Crippen molar-refractivity contribution >= 4 is 0 Å². The molecule has 168 valence electrons. The van der Waals surface area contributed by atoms with Crippen LogP contribution in [0.4, 0.5) is 13.2 Å². The molecule has 0 amide bonds. The Balaban J connectivity index is 1.23. The molecule has 9 heteroatoms. The molecule has 0 aliphatic heterocycles. The summed E-state index contributed by atoms with van der Waals surface area (Å²) in [5, 5.41) is 9.03. The van der Waals surface area contributed by atoms with Crippen molar-refractivity contribution in [2.75, 3.05) is 0 Å². The van der Waals surface area contributed by atoms with Gasteiger partial charge in [-0.1, -0.05) is 18.2 Å². The van der Waals surface area contributed by atoms with Crippen molar-refractivity contribution in [3.63, 3.8) is 0 Å². The van der Waals surface area contributed by atoms with Gasteiger partial charge in [-0.15, -0.1) is 0 Å². The zero-order valence-electron chi connectivity index (χ0n) is 17.7. The molecule has 0 saturated heterocycles. The lowest BCUT2D eigenvalue weighted by atomic mass is 9.98. The predicted octanol–water partition coefficient (Wildman–Crippen LogP) is 5.36. The van der Waals surface area contributed by atoms with Gasteiger partial charge in [0, 0.05) is 30.4 Å². The lowest BCUT2D eigenvalue weighted by Gasteiger charge is -2.13. The summed E-state index contributed by atoms with van der Waals surface area (Å²) in [5.41, 5.74) is 4.44. The highest BCUT2D eigenvalue weighted by molar-refractivity contribution is 5.67. The number of alkyl halides is 3. The lowest BCUT2D eigenvalue weighted by Crippen LogP contribution is -2.07. The van der Waals surface area contributed by atoms with Crippen LogP contribution in [0.3, 0.4) is 0 Å². The number of pyridine rings is 1. The molecule has 1 atom stereocenters. The maximum atomic E-state index is 13.2. The van der Waals surface area contributed by atoms with Gasteiger partial charge in [0.25, 0.3) is 0 Å². The molecule has 0 radical (unpaired) electrons. The molecule has 33 heavy (non-hydrogen) atoms. The predicted molar refractivity (Wildman–Crippen MR) is 115 cm³/mol. The van der Waals surface area contributed by atoms with E-state index in [1.807, 2.05) is 10.8 Å². The van der Waals surface area contributed by atoms with Gasteiger partial charge in [0.05, 0.1) is 12.0 Å². The van der Waals surface area contributed by atoms with Crippen molar-refractivity contribution in [1.82, 2.24) is 29.9 Å². The molecule has 0 spiro atoms. The van der Waals surface area contributed by atoms with E-state index in [2.05, 4.69) is 43.6 Å². The molecule has 2 aliphatic rings. The van der Waals surface area contributed by atoms with Crippen LogP contribution in [-0.4, -0.2) is 29.9 Å². The minimum atomic E-state index is -4.59. The van der Waals surface area contributed by atoms with Crippen molar-refractivity contribution in [3.8, 4) is 22.6 Å². The fourth-order valence-electron chi connectivity index (χ4n) is 4.78. The first-order valence-electron chi connectivity index (χ1n) is 11.0. The van der Waals surface area contributed by atoms with Crippen LogP contribution in [0.15, 0.2) is 49.1 Å². The van der Waals surface area contributed by atoms with Crippen LogP contribution in [0.2, 0.25) is 0 Å². The minimum Gasteiger partial charge on any atom is -0.336 e. The third-order valence-electron chi connectivity index (χ3n) is 6.59.